The number of carbonyl (C=O) groups is 2. The lowest BCUT2D eigenvalue weighted by molar-refractivity contribution is -0.133. The third-order valence-electron chi connectivity index (χ3n) is 3.50. The predicted octanol–water partition coefficient (Wildman–Crippen LogP) is 3.53. The lowest BCUT2D eigenvalue weighted by Crippen LogP contribution is -2.07. The van der Waals surface area contributed by atoms with E-state index in [1.54, 1.807) is 0 Å². The Kier molecular flexibility index (Phi) is 6.33. The molecule has 19 heavy (non-hydrogen) atoms. The van der Waals surface area contributed by atoms with Crippen molar-refractivity contribution in [1.82, 2.24) is 0 Å². The zero-order valence-electron chi connectivity index (χ0n) is 11.4. The molecule has 0 aromatic carbocycles. The molecule has 0 aromatic heterocycles. The van der Waals surface area contributed by atoms with Crippen LogP contribution in [0.1, 0.15) is 58.3 Å². The molecule has 0 amide bonds. The highest BCUT2D eigenvalue weighted by Crippen LogP contribution is 2.24. The van der Waals surface area contributed by atoms with Crippen molar-refractivity contribution in [2.24, 2.45) is 0 Å². The largest absolute Gasteiger partial charge is 0.478 e. The Balaban J connectivity index is 3.05. The van der Waals surface area contributed by atoms with Gasteiger partial charge < -0.3 is 10.2 Å². The van der Waals surface area contributed by atoms with E-state index in [0.717, 1.165) is 32.1 Å². The second-order valence-electron chi connectivity index (χ2n) is 5.06. The third kappa shape index (κ3) is 5.28. The van der Waals surface area contributed by atoms with Crippen LogP contribution < -0.4 is 0 Å². The summed E-state index contributed by atoms with van der Waals surface area (Å²) in [7, 11) is 0. The van der Waals surface area contributed by atoms with Gasteiger partial charge in [0, 0.05) is 11.1 Å². The van der Waals surface area contributed by atoms with Crippen molar-refractivity contribution in [2.75, 3.05) is 0 Å². The Hall–Kier alpha value is -1.58. The van der Waals surface area contributed by atoms with Crippen LogP contribution in [0.4, 0.5) is 0 Å². The molecule has 1 aliphatic rings. The molecular formula is C15H22O4. The number of hydrogen-bond acceptors (Lipinski definition) is 2. The van der Waals surface area contributed by atoms with Gasteiger partial charge in [0.1, 0.15) is 0 Å². The van der Waals surface area contributed by atoms with E-state index in [4.69, 9.17) is 5.11 Å². The number of rotatable bonds is 3. The van der Waals surface area contributed by atoms with Crippen molar-refractivity contribution >= 4 is 11.9 Å². The van der Waals surface area contributed by atoms with Crippen LogP contribution in [0.15, 0.2) is 22.8 Å². The van der Waals surface area contributed by atoms with Gasteiger partial charge in [0.15, 0.2) is 0 Å². The van der Waals surface area contributed by atoms with Gasteiger partial charge in [0.25, 0.3) is 0 Å². The van der Waals surface area contributed by atoms with Crippen LogP contribution in [0.3, 0.4) is 0 Å². The topological polar surface area (TPSA) is 74.6 Å². The summed E-state index contributed by atoms with van der Waals surface area (Å²) >= 11 is 0. The van der Waals surface area contributed by atoms with Crippen LogP contribution in [0.25, 0.3) is 0 Å². The highest BCUT2D eigenvalue weighted by molar-refractivity contribution is 5.90. The fourth-order valence-electron chi connectivity index (χ4n) is 2.36. The van der Waals surface area contributed by atoms with Gasteiger partial charge in [-0.15, -0.1) is 0 Å². The zero-order chi connectivity index (χ0) is 14.3. The van der Waals surface area contributed by atoms with Crippen molar-refractivity contribution in [3.05, 3.63) is 22.8 Å². The van der Waals surface area contributed by atoms with E-state index in [1.807, 2.05) is 0 Å². The summed E-state index contributed by atoms with van der Waals surface area (Å²) in [5, 5.41) is 18.2. The minimum Gasteiger partial charge on any atom is -0.478 e. The van der Waals surface area contributed by atoms with E-state index in [1.165, 1.54) is 19.4 Å². The summed E-state index contributed by atoms with van der Waals surface area (Å²) in [5.74, 6) is -1.90. The minimum atomic E-state index is -0.991. The molecule has 0 saturated carbocycles. The fraction of sp³-hybridized carbons (Fsp3) is 0.600. The SMILES string of the molecule is CC(=CC1=C(C(=O)O)CCCCCCCC1)C(=O)O. The van der Waals surface area contributed by atoms with Crippen molar-refractivity contribution < 1.29 is 19.8 Å². The van der Waals surface area contributed by atoms with Gasteiger partial charge in [0.05, 0.1) is 0 Å². The average Bonchev–Trinajstić information content (AvgIpc) is 2.36. The Labute approximate surface area is 113 Å². The quantitative estimate of drug-likeness (QED) is 0.766. The maximum absolute atomic E-state index is 11.3. The number of carboxylic acids is 2. The van der Waals surface area contributed by atoms with Gasteiger partial charge in [-0.1, -0.05) is 25.7 Å². The molecule has 0 aliphatic heterocycles. The first-order valence-electron chi connectivity index (χ1n) is 6.89. The molecule has 0 heterocycles. The Morgan fingerprint density at radius 2 is 1.47 bits per heavy atom. The summed E-state index contributed by atoms with van der Waals surface area (Å²) in [5.41, 5.74) is 1.28. The normalized spacial score (nSPS) is 19.1. The van der Waals surface area contributed by atoms with E-state index < -0.39 is 11.9 Å². The van der Waals surface area contributed by atoms with Gasteiger partial charge in [-0.05, 0) is 44.3 Å². The fourth-order valence-corrected chi connectivity index (χ4v) is 2.36. The molecule has 4 heteroatoms. The predicted molar refractivity (Wildman–Crippen MR) is 73.0 cm³/mol. The Bertz CT molecular complexity index is 404. The monoisotopic (exact) mass is 266 g/mol. The maximum Gasteiger partial charge on any atom is 0.331 e. The summed E-state index contributed by atoms with van der Waals surface area (Å²) in [6.45, 7) is 1.51. The second kappa shape index (κ2) is 7.77. The molecular weight excluding hydrogens is 244 g/mol. The smallest absolute Gasteiger partial charge is 0.331 e. The first-order chi connectivity index (χ1) is 9.02. The molecule has 2 N–H and O–H groups in total. The molecule has 1 aliphatic carbocycles. The first-order valence-corrected chi connectivity index (χ1v) is 6.89. The maximum atomic E-state index is 11.3. The van der Waals surface area contributed by atoms with Crippen molar-refractivity contribution in [2.45, 2.75) is 58.3 Å². The minimum absolute atomic E-state index is 0.200. The van der Waals surface area contributed by atoms with Crippen molar-refractivity contribution in [3.63, 3.8) is 0 Å². The molecule has 0 saturated heterocycles. The lowest BCUT2D eigenvalue weighted by Gasteiger charge is -2.12. The molecule has 1 rings (SSSR count). The molecule has 0 unspecified atom stereocenters. The Morgan fingerprint density at radius 1 is 0.947 bits per heavy atom. The lowest BCUT2D eigenvalue weighted by atomic mass is 9.93. The van der Waals surface area contributed by atoms with Crippen LogP contribution >= 0.6 is 0 Å². The third-order valence-corrected chi connectivity index (χ3v) is 3.50. The van der Waals surface area contributed by atoms with E-state index in [9.17, 15) is 14.7 Å². The number of allylic oxidation sites excluding steroid dienone is 2. The number of aliphatic carboxylic acids is 2. The molecule has 0 bridgehead atoms. The van der Waals surface area contributed by atoms with Gasteiger partial charge in [-0.3, -0.25) is 0 Å². The zero-order valence-corrected chi connectivity index (χ0v) is 11.4. The molecule has 0 aromatic rings. The summed E-state index contributed by atoms with van der Waals surface area (Å²) < 4.78 is 0. The van der Waals surface area contributed by atoms with E-state index in [-0.39, 0.29) is 5.57 Å². The molecule has 106 valence electrons. The van der Waals surface area contributed by atoms with Crippen molar-refractivity contribution in [3.8, 4) is 0 Å². The van der Waals surface area contributed by atoms with Gasteiger partial charge in [-0.25, -0.2) is 9.59 Å². The summed E-state index contributed by atoms with van der Waals surface area (Å²) in [6.07, 6.45) is 8.99. The highest BCUT2D eigenvalue weighted by Gasteiger charge is 2.15. The van der Waals surface area contributed by atoms with Crippen LogP contribution in [-0.4, -0.2) is 22.2 Å². The van der Waals surface area contributed by atoms with E-state index >= 15 is 0 Å². The van der Waals surface area contributed by atoms with Gasteiger partial charge >= 0.3 is 11.9 Å². The van der Waals surface area contributed by atoms with E-state index in [2.05, 4.69) is 0 Å². The Morgan fingerprint density at radius 3 is 2.00 bits per heavy atom. The van der Waals surface area contributed by atoms with E-state index in [0.29, 0.717) is 24.0 Å². The summed E-state index contributed by atoms with van der Waals surface area (Å²) in [6, 6.07) is 0. The highest BCUT2D eigenvalue weighted by atomic mass is 16.4. The van der Waals surface area contributed by atoms with Gasteiger partial charge in [0.2, 0.25) is 0 Å². The van der Waals surface area contributed by atoms with Crippen LogP contribution in [0.5, 0.6) is 0 Å². The van der Waals surface area contributed by atoms with Crippen LogP contribution in [0, 0.1) is 0 Å². The number of hydrogen-bond donors (Lipinski definition) is 2. The average molecular weight is 266 g/mol. The second-order valence-corrected chi connectivity index (χ2v) is 5.06. The molecule has 0 fully saturated rings. The molecule has 0 atom stereocenters. The summed E-state index contributed by atoms with van der Waals surface area (Å²) in [4.78, 5) is 22.2. The molecule has 4 nitrogen and oxygen atoms in total. The van der Waals surface area contributed by atoms with Crippen LogP contribution in [-0.2, 0) is 9.59 Å². The number of carboxylic acid groups (broad SMARTS) is 2. The molecule has 0 radical (unpaired) electrons. The van der Waals surface area contributed by atoms with Gasteiger partial charge in [-0.2, -0.15) is 0 Å². The standard InChI is InChI=1S/C15H22O4/c1-11(14(16)17)10-12-8-6-4-2-3-5-7-9-13(12)15(18)19/h10H,2-9H2,1H3,(H,16,17)(H,18,19). The first kappa shape index (κ1) is 15.5. The van der Waals surface area contributed by atoms with Crippen LogP contribution in [0.2, 0.25) is 0 Å². The molecule has 0 spiro atoms. The van der Waals surface area contributed by atoms with Crippen molar-refractivity contribution in [1.29, 1.82) is 0 Å².